The highest BCUT2D eigenvalue weighted by molar-refractivity contribution is 5.94. The van der Waals surface area contributed by atoms with Gasteiger partial charge in [0.15, 0.2) is 0 Å². The molecule has 0 heterocycles. The minimum atomic E-state index is -0.417. The van der Waals surface area contributed by atoms with Gasteiger partial charge in [0.2, 0.25) is 5.91 Å². The van der Waals surface area contributed by atoms with Gasteiger partial charge in [-0.05, 0) is 36.6 Å². The molecule has 1 aromatic rings. The molecule has 0 atom stereocenters. The molecule has 0 bridgehead atoms. The van der Waals surface area contributed by atoms with Crippen LogP contribution in [0, 0.1) is 10.1 Å². The predicted molar refractivity (Wildman–Crippen MR) is 144 cm³/mol. The molecule has 0 aliphatic heterocycles. The van der Waals surface area contributed by atoms with Crippen molar-refractivity contribution >= 4 is 17.2 Å². The maximum atomic E-state index is 12.4. The van der Waals surface area contributed by atoms with Crippen LogP contribution < -0.4 is 0 Å². The molecule has 0 N–H and O–H groups in total. The molecule has 5 heteroatoms. The van der Waals surface area contributed by atoms with Gasteiger partial charge in [-0.1, -0.05) is 103 Å². The van der Waals surface area contributed by atoms with Crippen molar-refractivity contribution in [3.63, 3.8) is 0 Å². The molecule has 34 heavy (non-hydrogen) atoms. The molecule has 0 saturated carbocycles. The van der Waals surface area contributed by atoms with Crippen molar-refractivity contribution in [3.05, 3.63) is 46.0 Å². The molecule has 0 saturated heterocycles. The number of nitro groups is 1. The van der Waals surface area contributed by atoms with E-state index < -0.39 is 4.92 Å². The van der Waals surface area contributed by atoms with Crippen LogP contribution in [-0.4, -0.2) is 29.3 Å². The summed E-state index contributed by atoms with van der Waals surface area (Å²) in [5.74, 6) is -0.0168. The van der Waals surface area contributed by atoms with E-state index in [4.69, 9.17) is 0 Å². The number of allylic oxidation sites excluding steroid dienone is 1. The zero-order chi connectivity index (χ0) is 25.0. The van der Waals surface area contributed by atoms with Gasteiger partial charge in [0, 0.05) is 31.8 Å². The summed E-state index contributed by atoms with van der Waals surface area (Å²) in [6.07, 6.45) is 23.1. The van der Waals surface area contributed by atoms with Crippen molar-refractivity contribution in [2.45, 2.75) is 117 Å². The van der Waals surface area contributed by atoms with Gasteiger partial charge in [-0.15, -0.1) is 0 Å². The topological polar surface area (TPSA) is 63.5 Å². The third kappa shape index (κ3) is 14.2. The van der Waals surface area contributed by atoms with E-state index in [-0.39, 0.29) is 11.6 Å². The number of nitrogens with zero attached hydrogens (tertiary/aromatic N) is 2. The van der Waals surface area contributed by atoms with Crippen molar-refractivity contribution in [3.8, 4) is 0 Å². The Morgan fingerprint density at radius 2 is 1.21 bits per heavy atom. The summed E-state index contributed by atoms with van der Waals surface area (Å²) in [6, 6.07) is 6.31. The number of benzene rings is 1. The fourth-order valence-electron chi connectivity index (χ4n) is 4.23. The van der Waals surface area contributed by atoms with E-state index in [1.807, 2.05) is 14.0 Å². The van der Waals surface area contributed by atoms with Gasteiger partial charge in [0.1, 0.15) is 0 Å². The molecule has 0 fully saturated rings. The monoisotopic (exact) mass is 472 g/mol. The second-order valence-electron chi connectivity index (χ2n) is 9.69. The number of hydrogen-bond donors (Lipinski definition) is 0. The second kappa shape index (κ2) is 19.2. The van der Waals surface area contributed by atoms with Crippen molar-refractivity contribution < 1.29 is 9.72 Å². The minimum Gasteiger partial charge on any atom is -0.342 e. The normalized spacial score (nSPS) is 11.6. The zero-order valence-electron chi connectivity index (χ0n) is 22.0. The quantitative estimate of drug-likeness (QED) is 0.0824. The summed E-state index contributed by atoms with van der Waals surface area (Å²) in [5.41, 5.74) is 1.71. The molecule has 0 aromatic heterocycles. The van der Waals surface area contributed by atoms with Gasteiger partial charge in [-0.25, -0.2) is 0 Å². The highest BCUT2D eigenvalue weighted by Crippen LogP contribution is 2.19. The maximum absolute atomic E-state index is 12.4. The highest BCUT2D eigenvalue weighted by atomic mass is 16.6. The zero-order valence-corrected chi connectivity index (χ0v) is 22.0. The van der Waals surface area contributed by atoms with Crippen LogP contribution in [0.25, 0.3) is 5.57 Å². The summed E-state index contributed by atoms with van der Waals surface area (Å²) in [6.45, 7) is 4.90. The number of carbonyl (C=O) groups excluding carboxylic acids is 1. The molecule has 5 nitrogen and oxygen atoms in total. The Kier molecular flexibility index (Phi) is 16.8. The van der Waals surface area contributed by atoms with Gasteiger partial charge < -0.3 is 4.90 Å². The van der Waals surface area contributed by atoms with Gasteiger partial charge in [-0.2, -0.15) is 0 Å². The van der Waals surface area contributed by atoms with Gasteiger partial charge in [0.05, 0.1) is 4.92 Å². The number of hydrogen-bond acceptors (Lipinski definition) is 3. The van der Waals surface area contributed by atoms with Crippen LogP contribution in [0.5, 0.6) is 0 Å². The molecular formula is C29H48N2O3. The Morgan fingerprint density at radius 1 is 0.794 bits per heavy atom. The Balaban J connectivity index is 2.02. The van der Waals surface area contributed by atoms with Crippen LogP contribution in [0.4, 0.5) is 5.69 Å². The van der Waals surface area contributed by atoms with Gasteiger partial charge in [0.25, 0.3) is 5.69 Å². The third-order valence-corrected chi connectivity index (χ3v) is 6.60. The summed E-state index contributed by atoms with van der Waals surface area (Å²) in [5, 5.41) is 10.8. The first-order valence-electron chi connectivity index (χ1n) is 13.6. The van der Waals surface area contributed by atoms with E-state index in [1.165, 1.54) is 108 Å². The molecule has 0 aliphatic rings. The van der Waals surface area contributed by atoms with E-state index >= 15 is 0 Å². The van der Waals surface area contributed by atoms with Crippen LogP contribution in [0.1, 0.15) is 122 Å². The lowest BCUT2D eigenvalue weighted by molar-refractivity contribution is -0.384. The number of nitro benzene ring substituents is 1. The first-order chi connectivity index (χ1) is 16.5. The molecule has 1 aromatic carbocycles. The SMILES string of the molecule is CCCCCCCCCCCCCCCCCCN(C)C(=O)C=C(C)c1ccc([N+](=O)[O-])cc1. The lowest BCUT2D eigenvalue weighted by Gasteiger charge is -2.15. The lowest BCUT2D eigenvalue weighted by atomic mass is 10.0. The molecule has 0 unspecified atom stereocenters. The van der Waals surface area contributed by atoms with E-state index in [2.05, 4.69) is 6.92 Å². The number of non-ortho nitro benzene ring substituents is 1. The van der Waals surface area contributed by atoms with Crippen LogP contribution in [-0.2, 0) is 4.79 Å². The molecule has 0 radical (unpaired) electrons. The first kappa shape index (κ1) is 29.9. The summed E-state index contributed by atoms with van der Waals surface area (Å²) < 4.78 is 0. The van der Waals surface area contributed by atoms with Crippen molar-refractivity contribution in [1.82, 2.24) is 4.90 Å². The number of carbonyl (C=O) groups is 1. The molecular weight excluding hydrogens is 424 g/mol. The summed E-state index contributed by atoms with van der Waals surface area (Å²) >= 11 is 0. The standard InChI is InChI=1S/C29H48N2O3/c1-4-5-6-7-8-9-10-11-12-13-14-15-16-17-18-19-24-30(3)29(32)25-26(2)27-20-22-28(23-21-27)31(33)34/h20-23,25H,4-19,24H2,1-3H3. The predicted octanol–water partition coefficient (Wildman–Crippen LogP) is 8.72. The Bertz CT molecular complexity index is 713. The fraction of sp³-hybridized carbons (Fsp3) is 0.690. The first-order valence-corrected chi connectivity index (χ1v) is 13.6. The number of amides is 1. The van der Waals surface area contributed by atoms with Crippen molar-refractivity contribution in [2.75, 3.05) is 13.6 Å². The maximum Gasteiger partial charge on any atom is 0.269 e. The lowest BCUT2D eigenvalue weighted by Crippen LogP contribution is -2.26. The van der Waals surface area contributed by atoms with Gasteiger partial charge >= 0.3 is 0 Å². The second-order valence-corrected chi connectivity index (χ2v) is 9.69. The van der Waals surface area contributed by atoms with Crippen LogP contribution in [0.3, 0.4) is 0 Å². The minimum absolute atomic E-state index is 0.0168. The van der Waals surface area contributed by atoms with E-state index in [0.29, 0.717) is 0 Å². The molecule has 192 valence electrons. The molecule has 0 spiro atoms. The number of likely N-dealkylation sites (N-methyl/N-ethyl adjacent to an activating group) is 1. The van der Waals surface area contributed by atoms with E-state index in [1.54, 1.807) is 23.1 Å². The molecule has 0 aliphatic carbocycles. The average Bonchev–Trinajstić information content (AvgIpc) is 2.83. The fourth-order valence-corrected chi connectivity index (χ4v) is 4.23. The van der Waals surface area contributed by atoms with Crippen LogP contribution in [0.15, 0.2) is 30.3 Å². The van der Waals surface area contributed by atoms with Gasteiger partial charge in [-0.3, -0.25) is 14.9 Å². The Labute approximate surface area is 208 Å². The smallest absolute Gasteiger partial charge is 0.269 e. The summed E-state index contributed by atoms with van der Waals surface area (Å²) in [4.78, 5) is 24.5. The van der Waals surface area contributed by atoms with Crippen LogP contribution in [0.2, 0.25) is 0 Å². The van der Waals surface area contributed by atoms with Crippen molar-refractivity contribution in [1.29, 1.82) is 0 Å². The number of unbranched alkanes of at least 4 members (excludes halogenated alkanes) is 15. The largest absolute Gasteiger partial charge is 0.342 e. The van der Waals surface area contributed by atoms with E-state index in [0.717, 1.165) is 24.1 Å². The third-order valence-electron chi connectivity index (χ3n) is 6.60. The molecule has 1 amide bonds. The Hall–Kier alpha value is -2.17. The van der Waals surface area contributed by atoms with E-state index in [9.17, 15) is 14.9 Å². The number of rotatable bonds is 20. The summed E-state index contributed by atoms with van der Waals surface area (Å²) in [7, 11) is 1.84. The average molecular weight is 473 g/mol. The van der Waals surface area contributed by atoms with Crippen LogP contribution >= 0.6 is 0 Å². The highest BCUT2D eigenvalue weighted by Gasteiger charge is 2.08. The molecule has 1 rings (SSSR count). The van der Waals surface area contributed by atoms with Crippen molar-refractivity contribution in [2.24, 2.45) is 0 Å². The Morgan fingerprint density at radius 3 is 1.62 bits per heavy atom.